The van der Waals surface area contributed by atoms with Crippen molar-refractivity contribution in [3.63, 3.8) is 0 Å². The van der Waals surface area contributed by atoms with Crippen molar-refractivity contribution in [2.45, 2.75) is 41.0 Å². The molecule has 7 nitrogen and oxygen atoms in total. The average molecular weight is 498 g/mol. The van der Waals surface area contributed by atoms with Gasteiger partial charge in [0.25, 0.3) is 5.91 Å². The molecule has 0 saturated heterocycles. The molecule has 0 fully saturated rings. The summed E-state index contributed by atoms with van der Waals surface area (Å²) in [7, 11) is 0. The van der Waals surface area contributed by atoms with Gasteiger partial charge >= 0.3 is 0 Å². The largest absolute Gasteiger partial charge is 0.471 e. The van der Waals surface area contributed by atoms with E-state index in [1.807, 2.05) is 45.9 Å². The number of amides is 1. The number of aromatic nitrogens is 4. The zero-order chi connectivity index (χ0) is 24.4. The van der Waals surface area contributed by atoms with Gasteiger partial charge in [0.15, 0.2) is 12.4 Å². The third kappa shape index (κ3) is 5.26. The van der Waals surface area contributed by atoms with Crippen molar-refractivity contribution in [3.05, 3.63) is 92.5 Å². The minimum absolute atomic E-state index is 0.203. The lowest BCUT2D eigenvalue weighted by Gasteiger charge is -2.09. The van der Waals surface area contributed by atoms with Gasteiger partial charge in [-0.3, -0.25) is 9.48 Å². The predicted octanol–water partition coefficient (Wildman–Crippen LogP) is 5.96. The lowest BCUT2D eigenvalue weighted by molar-refractivity contribution is 0.102. The van der Waals surface area contributed by atoms with E-state index in [-0.39, 0.29) is 18.3 Å². The average Bonchev–Trinajstić information content (AvgIpc) is 3.35. The molecule has 176 valence electrons. The Morgan fingerprint density at radius 2 is 1.82 bits per heavy atom. The normalized spacial score (nSPS) is 11.0. The molecule has 0 spiro atoms. The molecule has 9 heteroatoms. The molecule has 1 N–H and O–H groups in total. The summed E-state index contributed by atoms with van der Waals surface area (Å²) in [6.45, 7) is 8.44. The predicted molar refractivity (Wildman–Crippen MR) is 134 cm³/mol. The number of anilines is 1. The smallest absolute Gasteiger partial charge is 0.276 e. The highest BCUT2D eigenvalue weighted by Gasteiger charge is 2.18. The van der Waals surface area contributed by atoms with Crippen molar-refractivity contribution in [1.82, 2.24) is 19.6 Å². The van der Waals surface area contributed by atoms with Crippen molar-refractivity contribution in [2.24, 2.45) is 0 Å². The minimum atomic E-state index is -0.319. The second-order valence-electron chi connectivity index (χ2n) is 8.18. The molecule has 0 aliphatic rings. The molecule has 2 aromatic heterocycles. The Bertz CT molecular complexity index is 1360. The summed E-state index contributed by atoms with van der Waals surface area (Å²) in [5.74, 6) is 0.465. The number of rotatable bonds is 7. The van der Waals surface area contributed by atoms with E-state index in [0.717, 1.165) is 22.6 Å². The first-order valence-corrected chi connectivity index (χ1v) is 11.5. The molecule has 4 rings (SSSR count). The van der Waals surface area contributed by atoms with Gasteiger partial charge in [-0.05, 0) is 63.1 Å². The van der Waals surface area contributed by atoms with Crippen molar-refractivity contribution in [1.29, 1.82) is 0 Å². The van der Waals surface area contributed by atoms with Crippen molar-refractivity contribution in [3.8, 4) is 5.75 Å². The second kappa shape index (κ2) is 9.91. The first-order chi connectivity index (χ1) is 16.2. The fraction of sp³-hybridized carbons (Fsp3) is 0.240. The Hall–Kier alpha value is -3.29. The lowest BCUT2D eigenvalue weighted by atomic mass is 10.1. The summed E-state index contributed by atoms with van der Waals surface area (Å²) in [4.78, 5) is 12.9. The van der Waals surface area contributed by atoms with Gasteiger partial charge in [0.2, 0.25) is 0 Å². The van der Waals surface area contributed by atoms with E-state index in [0.29, 0.717) is 28.0 Å². The maximum absolute atomic E-state index is 12.9. The van der Waals surface area contributed by atoms with Crippen LogP contribution < -0.4 is 10.1 Å². The molecule has 4 aromatic rings. The number of ether oxygens (including phenoxy) is 1. The Balaban J connectivity index is 1.43. The molecule has 2 aromatic carbocycles. The first-order valence-electron chi connectivity index (χ1n) is 10.7. The highest BCUT2D eigenvalue weighted by molar-refractivity contribution is 6.35. The van der Waals surface area contributed by atoms with Gasteiger partial charge in [0.05, 0.1) is 23.6 Å². The number of nitrogens with zero attached hydrogens (tertiary/aromatic N) is 4. The SMILES string of the molecule is Cc1ccc(OCn2ccc(C(=O)Nc3c(C)nn(Cc4ccc(Cl)cc4Cl)c3C)n2)c(C)c1. The second-order valence-corrected chi connectivity index (χ2v) is 9.02. The standard InChI is InChI=1S/C25H25Cl2N5O2/c1-15-5-8-23(16(2)11-15)34-14-31-10-9-22(30-31)25(33)28-24-17(3)29-32(18(24)4)13-19-6-7-20(26)12-21(19)27/h5-12H,13-14H2,1-4H3,(H,28,33). The summed E-state index contributed by atoms with van der Waals surface area (Å²) in [5.41, 5.74) is 5.56. The van der Waals surface area contributed by atoms with E-state index in [9.17, 15) is 4.79 Å². The molecular formula is C25H25Cl2N5O2. The summed E-state index contributed by atoms with van der Waals surface area (Å²) < 4.78 is 9.23. The summed E-state index contributed by atoms with van der Waals surface area (Å²) in [6.07, 6.45) is 1.71. The quantitative estimate of drug-likeness (QED) is 0.341. The number of benzene rings is 2. The molecule has 0 aliphatic carbocycles. The Morgan fingerprint density at radius 3 is 2.56 bits per heavy atom. The van der Waals surface area contributed by atoms with Gasteiger partial charge in [0, 0.05) is 16.2 Å². The number of halogens is 2. The number of aryl methyl sites for hydroxylation is 3. The van der Waals surface area contributed by atoms with E-state index in [1.54, 1.807) is 33.8 Å². The van der Waals surface area contributed by atoms with Crippen molar-refractivity contribution in [2.75, 3.05) is 5.32 Å². The Kier molecular flexibility index (Phi) is 6.95. The zero-order valence-corrected chi connectivity index (χ0v) is 20.9. The fourth-order valence-electron chi connectivity index (χ4n) is 3.67. The molecule has 0 bridgehead atoms. The van der Waals surface area contributed by atoms with E-state index < -0.39 is 0 Å². The van der Waals surface area contributed by atoms with Gasteiger partial charge in [-0.2, -0.15) is 10.2 Å². The maximum atomic E-state index is 12.9. The topological polar surface area (TPSA) is 74.0 Å². The van der Waals surface area contributed by atoms with Crippen LogP contribution in [0.3, 0.4) is 0 Å². The molecule has 1 amide bonds. The van der Waals surface area contributed by atoms with Crippen LogP contribution >= 0.6 is 23.2 Å². The highest BCUT2D eigenvalue weighted by atomic mass is 35.5. The number of carbonyl (C=O) groups excluding carboxylic acids is 1. The summed E-state index contributed by atoms with van der Waals surface area (Å²) in [6, 6.07) is 13.0. The third-order valence-electron chi connectivity index (χ3n) is 5.51. The van der Waals surface area contributed by atoms with Crippen molar-refractivity contribution >= 4 is 34.8 Å². The van der Waals surface area contributed by atoms with Crippen LogP contribution in [-0.2, 0) is 13.3 Å². The van der Waals surface area contributed by atoms with Crippen LogP contribution in [-0.4, -0.2) is 25.5 Å². The minimum Gasteiger partial charge on any atom is -0.471 e. The van der Waals surface area contributed by atoms with Crippen LogP contribution in [0.25, 0.3) is 0 Å². The highest BCUT2D eigenvalue weighted by Crippen LogP contribution is 2.25. The van der Waals surface area contributed by atoms with E-state index in [4.69, 9.17) is 27.9 Å². The fourth-order valence-corrected chi connectivity index (χ4v) is 4.14. The van der Waals surface area contributed by atoms with Gasteiger partial charge in [-0.1, -0.05) is 47.0 Å². The molecule has 0 aliphatic heterocycles. The van der Waals surface area contributed by atoms with Gasteiger partial charge in [0.1, 0.15) is 5.75 Å². The molecule has 0 atom stereocenters. The van der Waals surface area contributed by atoms with E-state index in [2.05, 4.69) is 21.6 Å². The van der Waals surface area contributed by atoms with Crippen LogP contribution in [0.5, 0.6) is 5.75 Å². The Morgan fingerprint density at radius 1 is 1.03 bits per heavy atom. The van der Waals surface area contributed by atoms with E-state index in [1.165, 1.54) is 5.56 Å². The van der Waals surface area contributed by atoms with Crippen LogP contribution in [0.15, 0.2) is 48.7 Å². The maximum Gasteiger partial charge on any atom is 0.276 e. The molecule has 0 saturated carbocycles. The van der Waals surface area contributed by atoms with Crippen LogP contribution in [0, 0.1) is 27.7 Å². The lowest BCUT2D eigenvalue weighted by Crippen LogP contribution is -2.15. The van der Waals surface area contributed by atoms with Crippen LogP contribution in [0.2, 0.25) is 10.0 Å². The van der Waals surface area contributed by atoms with Crippen LogP contribution in [0.4, 0.5) is 5.69 Å². The third-order valence-corrected chi connectivity index (χ3v) is 6.10. The summed E-state index contributed by atoms with van der Waals surface area (Å²) >= 11 is 12.3. The summed E-state index contributed by atoms with van der Waals surface area (Å²) in [5, 5.41) is 13.0. The van der Waals surface area contributed by atoms with Crippen molar-refractivity contribution < 1.29 is 9.53 Å². The molecule has 0 unspecified atom stereocenters. The Labute approximate surface area is 208 Å². The van der Waals surface area contributed by atoms with E-state index >= 15 is 0 Å². The first kappa shape index (κ1) is 23.9. The monoisotopic (exact) mass is 497 g/mol. The molecule has 34 heavy (non-hydrogen) atoms. The van der Waals surface area contributed by atoms with Gasteiger partial charge < -0.3 is 10.1 Å². The molecule has 0 radical (unpaired) electrons. The van der Waals surface area contributed by atoms with Gasteiger partial charge in [-0.25, -0.2) is 4.68 Å². The molecular weight excluding hydrogens is 473 g/mol. The number of carbonyl (C=O) groups is 1. The van der Waals surface area contributed by atoms with Crippen LogP contribution in [0.1, 0.15) is 38.6 Å². The molecule has 2 heterocycles. The number of hydrogen-bond acceptors (Lipinski definition) is 4. The zero-order valence-electron chi connectivity index (χ0n) is 19.4. The number of nitrogens with one attached hydrogen (secondary N) is 1. The van der Waals surface area contributed by atoms with Gasteiger partial charge in [-0.15, -0.1) is 0 Å². The number of hydrogen-bond donors (Lipinski definition) is 1.